The van der Waals surface area contributed by atoms with Crippen molar-refractivity contribution in [2.24, 2.45) is 5.92 Å². The monoisotopic (exact) mass is 338 g/mol. The summed E-state index contributed by atoms with van der Waals surface area (Å²) < 4.78 is 13.7. The highest BCUT2D eigenvalue weighted by Crippen LogP contribution is 2.37. The van der Waals surface area contributed by atoms with Gasteiger partial charge in [-0.3, -0.25) is 14.6 Å². The molecule has 1 N–H and O–H groups in total. The molecule has 1 aromatic carbocycles. The van der Waals surface area contributed by atoms with E-state index in [2.05, 4.69) is 10.3 Å². The van der Waals surface area contributed by atoms with Gasteiger partial charge in [-0.2, -0.15) is 5.26 Å². The summed E-state index contributed by atoms with van der Waals surface area (Å²) in [6.07, 6.45) is 3.27. The van der Waals surface area contributed by atoms with E-state index in [9.17, 15) is 14.0 Å². The maximum absolute atomic E-state index is 13.7. The molecule has 2 aromatic rings. The number of amides is 2. The van der Waals surface area contributed by atoms with Crippen LogP contribution in [0, 0.1) is 23.1 Å². The van der Waals surface area contributed by atoms with Gasteiger partial charge < -0.3 is 10.2 Å². The second-order valence-electron chi connectivity index (χ2n) is 5.81. The molecule has 0 spiro atoms. The van der Waals surface area contributed by atoms with Gasteiger partial charge in [0.25, 0.3) is 0 Å². The quantitative estimate of drug-likeness (QED) is 0.930. The summed E-state index contributed by atoms with van der Waals surface area (Å²) in [6.45, 7) is 0. The van der Waals surface area contributed by atoms with E-state index in [4.69, 9.17) is 5.26 Å². The number of nitrogens with zero attached hydrogens (tertiary/aromatic N) is 3. The van der Waals surface area contributed by atoms with Crippen LogP contribution in [0.25, 0.3) is 0 Å². The van der Waals surface area contributed by atoms with Crippen LogP contribution < -0.4 is 5.32 Å². The number of carbonyl (C=O) groups is 2. The number of aromatic nitrogens is 1. The highest BCUT2D eigenvalue weighted by molar-refractivity contribution is 5.98. The van der Waals surface area contributed by atoms with E-state index in [0.717, 1.165) is 11.6 Å². The number of pyridine rings is 1. The summed E-state index contributed by atoms with van der Waals surface area (Å²) in [4.78, 5) is 30.4. The molecule has 0 bridgehead atoms. The summed E-state index contributed by atoms with van der Waals surface area (Å²) >= 11 is 0. The van der Waals surface area contributed by atoms with Crippen molar-refractivity contribution in [3.63, 3.8) is 0 Å². The van der Waals surface area contributed by atoms with Gasteiger partial charge in [0.05, 0.1) is 17.6 Å². The zero-order valence-corrected chi connectivity index (χ0v) is 13.4. The molecule has 1 saturated heterocycles. The molecule has 6 nitrogen and oxygen atoms in total. The van der Waals surface area contributed by atoms with Gasteiger partial charge in [-0.15, -0.1) is 0 Å². The Bertz CT molecular complexity index is 863. The number of benzene rings is 1. The number of carbonyl (C=O) groups excluding carboxylic acids is 2. The van der Waals surface area contributed by atoms with Crippen LogP contribution in [0.3, 0.4) is 0 Å². The maximum Gasteiger partial charge on any atom is 0.230 e. The molecule has 1 aliphatic heterocycles. The number of hydrogen-bond donors (Lipinski definition) is 1. The van der Waals surface area contributed by atoms with Crippen molar-refractivity contribution in [2.45, 2.75) is 12.5 Å². The predicted octanol–water partition coefficient (Wildman–Crippen LogP) is 2.25. The first-order chi connectivity index (χ1) is 12.0. The molecule has 0 saturated carbocycles. The van der Waals surface area contributed by atoms with Gasteiger partial charge in [0.15, 0.2) is 0 Å². The van der Waals surface area contributed by atoms with Gasteiger partial charge in [0, 0.05) is 25.9 Å². The fourth-order valence-electron chi connectivity index (χ4n) is 3.08. The van der Waals surface area contributed by atoms with Crippen molar-refractivity contribution < 1.29 is 14.0 Å². The average molecular weight is 338 g/mol. The van der Waals surface area contributed by atoms with Crippen LogP contribution >= 0.6 is 0 Å². The summed E-state index contributed by atoms with van der Waals surface area (Å²) in [5.74, 6) is -1.96. The lowest BCUT2D eigenvalue weighted by molar-refractivity contribution is -0.127. The molecule has 126 valence electrons. The van der Waals surface area contributed by atoms with E-state index < -0.39 is 23.7 Å². The molecule has 2 amide bonds. The Balaban J connectivity index is 1.90. The van der Waals surface area contributed by atoms with Crippen molar-refractivity contribution in [3.05, 3.63) is 59.7 Å². The summed E-state index contributed by atoms with van der Waals surface area (Å²) in [7, 11) is 1.64. The van der Waals surface area contributed by atoms with Crippen LogP contribution in [-0.4, -0.2) is 28.7 Å². The fraction of sp³-hybridized carbons (Fsp3) is 0.222. The minimum absolute atomic E-state index is 0.0408. The van der Waals surface area contributed by atoms with Gasteiger partial charge in [-0.25, -0.2) is 4.39 Å². The van der Waals surface area contributed by atoms with Crippen LogP contribution in [0.5, 0.6) is 0 Å². The third-order valence-electron chi connectivity index (χ3n) is 4.33. The molecule has 1 aliphatic rings. The smallest absolute Gasteiger partial charge is 0.230 e. The average Bonchev–Trinajstić information content (AvgIpc) is 2.91. The van der Waals surface area contributed by atoms with Crippen LogP contribution in [-0.2, 0) is 9.59 Å². The molecule has 7 heteroatoms. The van der Waals surface area contributed by atoms with Crippen LogP contribution in [0.1, 0.15) is 23.6 Å². The third kappa shape index (κ3) is 3.06. The number of nitrogens with one attached hydrogen (secondary N) is 1. The fourth-order valence-corrected chi connectivity index (χ4v) is 3.08. The largest absolute Gasteiger partial charge is 0.338 e. The molecular formula is C18H15FN4O2. The van der Waals surface area contributed by atoms with Crippen molar-refractivity contribution >= 4 is 17.5 Å². The SMILES string of the molecule is CN1C(=O)C[C@H](C(=O)Nc2cccc(F)c2C#N)[C@H]1c1cccnc1. The minimum Gasteiger partial charge on any atom is -0.338 e. The Hall–Kier alpha value is -3.27. The molecule has 2 atom stereocenters. The van der Waals surface area contributed by atoms with Gasteiger partial charge in [-0.05, 0) is 23.8 Å². The Labute approximate surface area is 143 Å². The lowest BCUT2D eigenvalue weighted by atomic mass is 9.93. The Kier molecular flexibility index (Phi) is 4.44. The Morgan fingerprint density at radius 1 is 1.40 bits per heavy atom. The lowest BCUT2D eigenvalue weighted by Gasteiger charge is -2.24. The number of nitriles is 1. The zero-order chi connectivity index (χ0) is 18.0. The van der Waals surface area contributed by atoms with Gasteiger partial charge in [0.1, 0.15) is 17.4 Å². The van der Waals surface area contributed by atoms with E-state index in [1.54, 1.807) is 37.6 Å². The second kappa shape index (κ2) is 6.69. The van der Waals surface area contributed by atoms with Gasteiger partial charge in [-0.1, -0.05) is 12.1 Å². The number of halogens is 1. The van der Waals surface area contributed by atoms with Gasteiger partial charge in [0.2, 0.25) is 11.8 Å². The Morgan fingerprint density at radius 3 is 2.88 bits per heavy atom. The first-order valence-corrected chi connectivity index (χ1v) is 7.68. The highest BCUT2D eigenvalue weighted by atomic mass is 19.1. The molecule has 0 radical (unpaired) electrons. The second-order valence-corrected chi connectivity index (χ2v) is 5.81. The third-order valence-corrected chi connectivity index (χ3v) is 4.33. The molecule has 3 rings (SSSR count). The molecule has 1 fully saturated rings. The normalized spacial score (nSPS) is 19.6. The number of likely N-dealkylation sites (tertiary alicyclic amines) is 1. The van der Waals surface area contributed by atoms with Crippen LogP contribution in [0.2, 0.25) is 0 Å². The minimum atomic E-state index is -0.705. The topological polar surface area (TPSA) is 86.1 Å². The summed E-state index contributed by atoms with van der Waals surface area (Å²) in [5.41, 5.74) is 0.613. The van der Waals surface area contributed by atoms with Crippen molar-refractivity contribution in [2.75, 3.05) is 12.4 Å². The van der Waals surface area contributed by atoms with Gasteiger partial charge >= 0.3 is 0 Å². The lowest BCUT2D eigenvalue weighted by Crippen LogP contribution is -2.30. The van der Waals surface area contributed by atoms with Crippen molar-refractivity contribution in [3.8, 4) is 6.07 Å². The van der Waals surface area contributed by atoms with Crippen molar-refractivity contribution in [1.82, 2.24) is 9.88 Å². The first kappa shape index (κ1) is 16.6. The molecule has 2 heterocycles. The number of rotatable bonds is 3. The summed E-state index contributed by atoms with van der Waals surface area (Å²) in [6, 6.07) is 8.85. The maximum atomic E-state index is 13.7. The molecular weight excluding hydrogens is 323 g/mol. The van der Waals surface area contributed by atoms with E-state index in [1.807, 2.05) is 0 Å². The molecule has 25 heavy (non-hydrogen) atoms. The molecule has 1 aromatic heterocycles. The Morgan fingerprint density at radius 2 is 2.20 bits per heavy atom. The molecule has 0 aliphatic carbocycles. The van der Waals surface area contributed by atoms with Crippen molar-refractivity contribution in [1.29, 1.82) is 5.26 Å². The zero-order valence-electron chi connectivity index (χ0n) is 13.4. The van der Waals surface area contributed by atoms with E-state index >= 15 is 0 Å². The molecule has 0 unspecified atom stereocenters. The summed E-state index contributed by atoms with van der Waals surface area (Å²) in [5, 5.41) is 11.7. The first-order valence-electron chi connectivity index (χ1n) is 7.68. The number of anilines is 1. The van der Waals surface area contributed by atoms with Crippen LogP contribution in [0.15, 0.2) is 42.7 Å². The van der Waals surface area contributed by atoms with E-state index in [-0.39, 0.29) is 23.6 Å². The highest BCUT2D eigenvalue weighted by Gasteiger charge is 2.42. The van der Waals surface area contributed by atoms with E-state index in [1.165, 1.54) is 17.0 Å². The van der Waals surface area contributed by atoms with E-state index in [0.29, 0.717) is 0 Å². The van der Waals surface area contributed by atoms with Crippen LogP contribution in [0.4, 0.5) is 10.1 Å². The standard InChI is InChI=1S/C18H15FN4O2/c1-23-16(24)8-12(17(23)11-4-3-7-21-10-11)18(25)22-15-6-2-5-14(19)13(15)9-20/h2-7,10,12,17H,8H2,1H3,(H,22,25)/t12-,17+/m0/s1. The number of hydrogen-bond acceptors (Lipinski definition) is 4. The predicted molar refractivity (Wildman–Crippen MR) is 87.6 cm³/mol.